The predicted octanol–water partition coefficient (Wildman–Crippen LogP) is 3.50. The molecular formula is C25H34N3O2+. The van der Waals surface area contributed by atoms with Gasteiger partial charge in [-0.2, -0.15) is 0 Å². The van der Waals surface area contributed by atoms with Gasteiger partial charge in [-0.15, -0.1) is 0 Å². The van der Waals surface area contributed by atoms with Crippen LogP contribution < -0.4 is 0 Å². The van der Waals surface area contributed by atoms with E-state index >= 15 is 0 Å². The second-order valence-electron chi connectivity index (χ2n) is 9.55. The van der Waals surface area contributed by atoms with Crippen molar-refractivity contribution in [2.24, 2.45) is 0 Å². The number of amides is 1. The second-order valence-corrected chi connectivity index (χ2v) is 9.55. The Kier molecular flexibility index (Phi) is 5.85. The summed E-state index contributed by atoms with van der Waals surface area (Å²) >= 11 is 0. The third kappa shape index (κ3) is 4.37. The number of carbonyl (C=O) groups excluding carboxylic acids is 1. The van der Waals surface area contributed by atoms with Gasteiger partial charge in [0.05, 0.1) is 39.3 Å². The highest BCUT2D eigenvalue weighted by atomic mass is 16.3. The third-order valence-electron chi connectivity index (χ3n) is 6.67. The Balaban J connectivity index is 1.65. The largest absolute Gasteiger partial charge is 0.508 e. The molecule has 2 aliphatic rings. The fourth-order valence-corrected chi connectivity index (χ4v) is 5.08. The molecule has 2 atom stereocenters. The van der Waals surface area contributed by atoms with Gasteiger partial charge >= 0.3 is 0 Å². The van der Waals surface area contributed by atoms with Crippen molar-refractivity contribution in [3.05, 3.63) is 65.2 Å². The van der Waals surface area contributed by atoms with Crippen LogP contribution in [0.15, 0.2) is 48.5 Å². The van der Waals surface area contributed by atoms with Gasteiger partial charge < -0.3 is 14.5 Å². The number of rotatable bonds is 4. The highest BCUT2D eigenvalue weighted by molar-refractivity contribution is 5.94. The van der Waals surface area contributed by atoms with Gasteiger partial charge in [0.25, 0.3) is 5.91 Å². The first-order chi connectivity index (χ1) is 14.3. The Morgan fingerprint density at radius 2 is 1.73 bits per heavy atom. The molecule has 2 saturated heterocycles. The van der Waals surface area contributed by atoms with Crippen LogP contribution in [0.5, 0.6) is 5.75 Å². The highest BCUT2D eigenvalue weighted by Crippen LogP contribution is 2.34. The standard InChI is InChI=1S/C25H33N3O2/c1-19-18-28(2,3)16-15-27(19)24(22-7-6-8-23(29)17-22)20-9-11-21(12-10-20)25(30)26-13-4-5-14-26/h6-12,17,19,24H,4-5,13-16,18H2,1-3H3/p+1/t19-,24+/m0/s1. The molecule has 0 aliphatic carbocycles. The quantitative estimate of drug-likeness (QED) is 0.788. The number of carbonyl (C=O) groups is 1. The molecule has 2 fully saturated rings. The number of likely N-dealkylation sites (N-methyl/N-ethyl adjacent to an activating group) is 1. The van der Waals surface area contributed by atoms with Crippen molar-refractivity contribution < 1.29 is 14.4 Å². The third-order valence-corrected chi connectivity index (χ3v) is 6.67. The van der Waals surface area contributed by atoms with Crippen LogP contribution in [0.3, 0.4) is 0 Å². The Morgan fingerprint density at radius 3 is 2.37 bits per heavy atom. The Hall–Kier alpha value is -2.37. The lowest BCUT2D eigenvalue weighted by molar-refractivity contribution is -0.897. The molecule has 1 amide bonds. The molecule has 5 heteroatoms. The van der Waals surface area contributed by atoms with Crippen LogP contribution in [0.4, 0.5) is 0 Å². The lowest BCUT2D eigenvalue weighted by atomic mass is 9.93. The summed E-state index contributed by atoms with van der Waals surface area (Å²) in [6.07, 6.45) is 2.20. The van der Waals surface area contributed by atoms with Gasteiger partial charge in [0.1, 0.15) is 5.75 Å². The number of hydrogen-bond acceptors (Lipinski definition) is 3. The monoisotopic (exact) mass is 408 g/mol. The van der Waals surface area contributed by atoms with E-state index in [1.807, 2.05) is 29.2 Å². The SMILES string of the molecule is C[C@H]1C[N+](C)(C)CCN1[C@H](c1ccc(C(=O)N2CCCC2)cc1)c1cccc(O)c1. The average molecular weight is 409 g/mol. The number of benzene rings is 2. The van der Waals surface area contributed by atoms with Crippen LogP contribution in [0, 0.1) is 0 Å². The van der Waals surface area contributed by atoms with Gasteiger partial charge in [0.2, 0.25) is 0 Å². The molecule has 2 heterocycles. The van der Waals surface area contributed by atoms with E-state index in [0.29, 0.717) is 11.8 Å². The number of quaternary nitrogens is 1. The lowest BCUT2D eigenvalue weighted by Gasteiger charge is -2.46. The molecule has 2 aromatic carbocycles. The van der Waals surface area contributed by atoms with E-state index in [4.69, 9.17) is 0 Å². The fourth-order valence-electron chi connectivity index (χ4n) is 5.08. The average Bonchev–Trinajstić information content (AvgIpc) is 3.24. The van der Waals surface area contributed by atoms with Gasteiger partial charge in [0.15, 0.2) is 0 Å². The van der Waals surface area contributed by atoms with Crippen LogP contribution >= 0.6 is 0 Å². The zero-order chi connectivity index (χ0) is 21.3. The summed E-state index contributed by atoms with van der Waals surface area (Å²) in [6, 6.07) is 16.2. The number of nitrogens with zero attached hydrogens (tertiary/aromatic N) is 3. The Labute approximate surface area is 180 Å². The zero-order valence-corrected chi connectivity index (χ0v) is 18.4. The summed E-state index contributed by atoms with van der Waals surface area (Å²) in [5.74, 6) is 0.428. The minimum Gasteiger partial charge on any atom is -0.508 e. The summed E-state index contributed by atoms with van der Waals surface area (Å²) in [4.78, 5) is 17.2. The summed E-state index contributed by atoms with van der Waals surface area (Å²) in [7, 11) is 4.58. The maximum Gasteiger partial charge on any atom is 0.253 e. The van der Waals surface area contributed by atoms with Crippen LogP contribution in [0.25, 0.3) is 0 Å². The maximum absolute atomic E-state index is 12.7. The maximum atomic E-state index is 12.7. The number of piperazine rings is 1. The molecule has 30 heavy (non-hydrogen) atoms. The summed E-state index contributed by atoms with van der Waals surface area (Å²) in [5.41, 5.74) is 3.02. The zero-order valence-electron chi connectivity index (χ0n) is 18.4. The van der Waals surface area contributed by atoms with Gasteiger partial charge in [-0.1, -0.05) is 24.3 Å². The van der Waals surface area contributed by atoms with Gasteiger partial charge in [0, 0.05) is 25.2 Å². The van der Waals surface area contributed by atoms with Gasteiger partial charge in [-0.05, 0) is 55.2 Å². The number of phenolic OH excluding ortho intramolecular Hbond substituents is 1. The molecule has 0 bridgehead atoms. The van der Waals surface area contributed by atoms with E-state index in [1.165, 1.54) is 0 Å². The summed E-state index contributed by atoms with van der Waals surface area (Å²) in [6.45, 7) is 7.19. The molecule has 4 rings (SSSR count). The highest BCUT2D eigenvalue weighted by Gasteiger charge is 2.36. The molecule has 0 spiro atoms. The van der Waals surface area contributed by atoms with Crippen molar-refractivity contribution in [1.82, 2.24) is 9.80 Å². The van der Waals surface area contributed by atoms with E-state index in [9.17, 15) is 9.90 Å². The van der Waals surface area contributed by atoms with Gasteiger partial charge in [-0.25, -0.2) is 0 Å². The van der Waals surface area contributed by atoms with Crippen molar-refractivity contribution >= 4 is 5.91 Å². The lowest BCUT2D eigenvalue weighted by Crippen LogP contribution is -2.59. The van der Waals surface area contributed by atoms with Crippen molar-refractivity contribution in [3.63, 3.8) is 0 Å². The number of likely N-dealkylation sites (tertiary alicyclic amines) is 1. The summed E-state index contributed by atoms with van der Waals surface area (Å²) in [5, 5.41) is 10.1. The minimum atomic E-state index is 0.0586. The molecule has 0 aromatic heterocycles. The first-order valence-corrected chi connectivity index (χ1v) is 11.1. The molecule has 2 aliphatic heterocycles. The molecule has 0 unspecified atom stereocenters. The molecular weight excluding hydrogens is 374 g/mol. The topological polar surface area (TPSA) is 43.8 Å². The first-order valence-electron chi connectivity index (χ1n) is 11.1. The fraction of sp³-hybridized carbons (Fsp3) is 0.480. The summed E-state index contributed by atoms with van der Waals surface area (Å²) < 4.78 is 1.02. The van der Waals surface area contributed by atoms with E-state index < -0.39 is 0 Å². The van der Waals surface area contributed by atoms with Crippen LogP contribution in [0.1, 0.15) is 47.3 Å². The molecule has 0 saturated carbocycles. The van der Waals surface area contributed by atoms with E-state index in [2.05, 4.69) is 44.1 Å². The van der Waals surface area contributed by atoms with Gasteiger partial charge in [-0.3, -0.25) is 9.69 Å². The van der Waals surface area contributed by atoms with Crippen LogP contribution in [0.2, 0.25) is 0 Å². The minimum absolute atomic E-state index is 0.0586. The second kappa shape index (κ2) is 8.40. The number of aromatic hydroxyl groups is 1. The number of phenols is 1. The van der Waals surface area contributed by atoms with Crippen LogP contribution in [-0.4, -0.2) is 78.2 Å². The van der Waals surface area contributed by atoms with E-state index in [0.717, 1.165) is 66.7 Å². The Morgan fingerprint density at radius 1 is 1.03 bits per heavy atom. The van der Waals surface area contributed by atoms with Crippen molar-refractivity contribution in [2.75, 3.05) is 46.8 Å². The van der Waals surface area contributed by atoms with Crippen LogP contribution in [-0.2, 0) is 0 Å². The van der Waals surface area contributed by atoms with Crippen molar-refractivity contribution in [3.8, 4) is 5.75 Å². The normalized spacial score (nSPS) is 22.8. The van der Waals surface area contributed by atoms with Crippen molar-refractivity contribution in [2.45, 2.75) is 31.8 Å². The molecule has 2 aromatic rings. The Bertz CT molecular complexity index is 888. The molecule has 0 radical (unpaired) electrons. The number of hydrogen-bond donors (Lipinski definition) is 1. The molecule has 1 N–H and O–H groups in total. The molecule has 160 valence electrons. The smallest absolute Gasteiger partial charge is 0.253 e. The predicted molar refractivity (Wildman–Crippen MR) is 120 cm³/mol. The van der Waals surface area contributed by atoms with Crippen molar-refractivity contribution in [1.29, 1.82) is 0 Å². The first kappa shape index (κ1) is 20.9. The molecule has 5 nitrogen and oxygen atoms in total. The van der Waals surface area contributed by atoms with E-state index in [1.54, 1.807) is 6.07 Å². The van der Waals surface area contributed by atoms with E-state index in [-0.39, 0.29) is 11.9 Å².